The second kappa shape index (κ2) is 5.95. The fourth-order valence-electron chi connectivity index (χ4n) is 1.40. The minimum Gasteiger partial charge on any atom is -0.493 e. The molecule has 6 heteroatoms. The van der Waals surface area contributed by atoms with Gasteiger partial charge in [0, 0.05) is 12.6 Å². The van der Waals surface area contributed by atoms with E-state index in [1.165, 1.54) is 21.3 Å². The van der Waals surface area contributed by atoms with Crippen molar-refractivity contribution in [1.29, 1.82) is 0 Å². The third-order valence-corrected chi connectivity index (χ3v) is 2.17. The zero-order valence-electron chi connectivity index (χ0n) is 10.3. The number of hydrazine groups is 1. The Morgan fingerprint density at radius 2 is 1.59 bits per heavy atom. The first kappa shape index (κ1) is 13.1. The van der Waals surface area contributed by atoms with Crippen LogP contribution < -0.4 is 25.1 Å². The Kier molecular flexibility index (Phi) is 4.59. The number of carbonyl (C=O) groups excluding carboxylic acids is 1. The summed E-state index contributed by atoms with van der Waals surface area (Å²) in [5.74, 6) is 1.05. The van der Waals surface area contributed by atoms with Crippen molar-refractivity contribution in [3.63, 3.8) is 0 Å². The largest absolute Gasteiger partial charge is 0.493 e. The van der Waals surface area contributed by atoms with Gasteiger partial charge in [0.15, 0.2) is 11.5 Å². The molecule has 0 heterocycles. The van der Waals surface area contributed by atoms with Crippen LogP contribution in [-0.2, 0) is 0 Å². The second-order valence-electron chi connectivity index (χ2n) is 3.12. The van der Waals surface area contributed by atoms with Crippen molar-refractivity contribution in [2.75, 3.05) is 28.4 Å². The van der Waals surface area contributed by atoms with Gasteiger partial charge in [-0.3, -0.25) is 10.2 Å². The first-order valence-electron chi connectivity index (χ1n) is 4.95. The second-order valence-corrected chi connectivity index (χ2v) is 3.12. The smallest absolute Gasteiger partial charge is 0.265 e. The fraction of sp³-hybridized carbons (Fsp3) is 0.364. The molecule has 1 amide bonds. The summed E-state index contributed by atoms with van der Waals surface area (Å²) < 4.78 is 15.4. The quantitative estimate of drug-likeness (QED) is 0.737. The molecule has 0 spiro atoms. The Labute approximate surface area is 99.8 Å². The Morgan fingerprint density at radius 3 is 1.94 bits per heavy atom. The number of hydrogen-bond acceptors (Lipinski definition) is 5. The van der Waals surface area contributed by atoms with Gasteiger partial charge in [-0.15, -0.1) is 0 Å². The predicted molar refractivity (Wildman–Crippen MR) is 62.6 cm³/mol. The molecule has 0 atom stereocenters. The topological polar surface area (TPSA) is 68.8 Å². The molecule has 0 unspecified atom stereocenters. The summed E-state index contributed by atoms with van der Waals surface area (Å²) in [5, 5.41) is 0. The van der Waals surface area contributed by atoms with Crippen LogP contribution in [0, 0.1) is 0 Å². The van der Waals surface area contributed by atoms with Gasteiger partial charge in [-0.1, -0.05) is 0 Å². The van der Waals surface area contributed by atoms with E-state index >= 15 is 0 Å². The van der Waals surface area contributed by atoms with E-state index in [4.69, 9.17) is 14.2 Å². The van der Waals surface area contributed by atoms with Crippen molar-refractivity contribution in [2.45, 2.75) is 0 Å². The zero-order valence-corrected chi connectivity index (χ0v) is 10.3. The number of carbonyl (C=O) groups is 1. The Hall–Kier alpha value is -1.95. The lowest BCUT2D eigenvalue weighted by Crippen LogP contribution is -2.34. The summed E-state index contributed by atoms with van der Waals surface area (Å²) in [6, 6.07) is 3.15. The first-order chi connectivity index (χ1) is 8.17. The first-order valence-corrected chi connectivity index (χ1v) is 4.95. The van der Waals surface area contributed by atoms with Crippen molar-refractivity contribution >= 4 is 5.91 Å². The highest BCUT2D eigenvalue weighted by molar-refractivity contribution is 5.95. The van der Waals surface area contributed by atoms with Gasteiger partial charge in [0.05, 0.1) is 21.3 Å². The molecule has 94 valence electrons. The fourth-order valence-corrected chi connectivity index (χ4v) is 1.40. The van der Waals surface area contributed by atoms with Crippen LogP contribution in [0.3, 0.4) is 0 Å². The monoisotopic (exact) mass is 240 g/mol. The molecule has 2 N–H and O–H groups in total. The van der Waals surface area contributed by atoms with Gasteiger partial charge in [-0.25, -0.2) is 5.43 Å². The number of methoxy groups -OCH3 is 3. The van der Waals surface area contributed by atoms with Crippen LogP contribution in [0.15, 0.2) is 12.1 Å². The van der Waals surface area contributed by atoms with Crippen molar-refractivity contribution in [1.82, 2.24) is 10.9 Å². The van der Waals surface area contributed by atoms with Crippen LogP contribution >= 0.6 is 0 Å². The molecular formula is C11H16N2O4. The average Bonchev–Trinajstić information content (AvgIpc) is 2.37. The number of hydrogen-bond donors (Lipinski definition) is 2. The van der Waals surface area contributed by atoms with Crippen molar-refractivity contribution in [3.05, 3.63) is 17.7 Å². The lowest BCUT2D eigenvalue weighted by molar-refractivity contribution is 0.0937. The number of rotatable bonds is 5. The van der Waals surface area contributed by atoms with Crippen LogP contribution in [0.5, 0.6) is 17.2 Å². The minimum atomic E-state index is -0.285. The Morgan fingerprint density at radius 1 is 1.06 bits per heavy atom. The SMILES string of the molecule is CNNC(=O)c1cc(OC)c(OC)c(OC)c1. The minimum absolute atomic E-state index is 0.285. The standard InChI is InChI=1S/C11H16N2O4/c1-12-13-11(14)7-5-8(15-2)10(17-4)9(6-7)16-3/h5-6,12H,1-4H3,(H,13,14). The molecule has 6 nitrogen and oxygen atoms in total. The van der Waals surface area contributed by atoms with Gasteiger partial charge in [-0.05, 0) is 12.1 Å². The molecule has 1 aromatic carbocycles. The summed E-state index contributed by atoms with van der Waals surface area (Å²) in [6.07, 6.45) is 0. The van der Waals surface area contributed by atoms with Gasteiger partial charge >= 0.3 is 0 Å². The van der Waals surface area contributed by atoms with E-state index < -0.39 is 0 Å². The summed E-state index contributed by atoms with van der Waals surface area (Å²) in [4.78, 5) is 11.7. The summed E-state index contributed by atoms with van der Waals surface area (Å²) >= 11 is 0. The van der Waals surface area contributed by atoms with Crippen molar-refractivity contribution < 1.29 is 19.0 Å². The van der Waals surface area contributed by atoms with E-state index in [0.717, 1.165) is 0 Å². The lowest BCUT2D eigenvalue weighted by Gasteiger charge is -2.13. The molecule has 0 fully saturated rings. The maximum absolute atomic E-state index is 11.7. The van der Waals surface area contributed by atoms with Crippen LogP contribution in [0.2, 0.25) is 0 Å². The summed E-state index contributed by atoms with van der Waals surface area (Å²) in [7, 11) is 6.11. The zero-order chi connectivity index (χ0) is 12.8. The number of amides is 1. The van der Waals surface area contributed by atoms with E-state index in [-0.39, 0.29) is 5.91 Å². The summed E-state index contributed by atoms with van der Waals surface area (Å²) in [5.41, 5.74) is 5.43. The number of nitrogens with one attached hydrogen (secondary N) is 2. The third-order valence-electron chi connectivity index (χ3n) is 2.17. The molecule has 1 rings (SSSR count). The van der Waals surface area contributed by atoms with Gasteiger partial charge in [0.1, 0.15) is 0 Å². The molecule has 0 aliphatic rings. The van der Waals surface area contributed by atoms with E-state index in [0.29, 0.717) is 22.8 Å². The average molecular weight is 240 g/mol. The number of benzene rings is 1. The summed E-state index contributed by atoms with van der Waals surface area (Å²) in [6.45, 7) is 0. The highest BCUT2D eigenvalue weighted by Gasteiger charge is 2.16. The van der Waals surface area contributed by atoms with E-state index in [1.54, 1.807) is 19.2 Å². The normalized spacial score (nSPS) is 9.65. The third kappa shape index (κ3) is 2.79. The molecule has 0 radical (unpaired) electrons. The molecule has 0 saturated heterocycles. The highest BCUT2D eigenvalue weighted by atomic mass is 16.5. The van der Waals surface area contributed by atoms with Crippen LogP contribution in [0.1, 0.15) is 10.4 Å². The van der Waals surface area contributed by atoms with E-state index in [2.05, 4.69) is 10.9 Å². The van der Waals surface area contributed by atoms with E-state index in [9.17, 15) is 4.79 Å². The molecule has 0 aromatic heterocycles. The van der Waals surface area contributed by atoms with Gasteiger partial charge < -0.3 is 14.2 Å². The highest BCUT2D eigenvalue weighted by Crippen LogP contribution is 2.38. The van der Waals surface area contributed by atoms with Gasteiger partial charge in [0.25, 0.3) is 5.91 Å². The van der Waals surface area contributed by atoms with Gasteiger partial charge in [0.2, 0.25) is 5.75 Å². The molecule has 17 heavy (non-hydrogen) atoms. The van der Waals surface area contributed by atoms with E-state index in [1.807, 2.05) is 0 Å². The lowest BCUT2D eigenvalue weighted by atomic mass is 10.1. The molecular weight excluding hydrogens is 224 g/mol. The molecule has 0 bridgehead atoms. The Bertz CT molecular complexity index is 381. The molecule has 0 aliphatic heterocycles. The number of ether oxygens (including phenoxy) is 3. The van der Waals surface area contributed by atoms with Crippen molar-refractivity contribution in [3.8, 4) is 17.2 Å². The Balaban J connectivity index is 3.22. The maximum atomic E-state index is 11.7. The van der Waals surface area contributed by atoms with Crippen LogP contribution in [0.25, 0.3) is 0 Å². The van der Waals surface area contributed by atoms with Crippen LogP contribution in [0.4, 0.5) is 0 Å². The van der Waals surface area contributed by atoms with Gasteiger partial charge in [-0.2, -0.15) is 0 Å². The molecule has 0 aliphatic carbocycles. The predicted octanol–water partition coefficient (Wildman–Crippen LogP) is 0.577. The molecule has 1 aromatic rings. The maximum Gasteiger partial charge on any atom is 0.265 e. The molecule has 0 saturated carbocycles. The van der Waals surface area contributed by atoms with Crippen LogP contribution in [-0.4, -0.2) is 34.3 Å². The van der Waals surface area contributed by atoms with Crippen molar-refractivity contribution in [2.24, 2.45) is 0 Å².